The van der Waals surface area contributed by atoms with E-state index >= 15 is 0 Å². The molecule has 0 aromatic heterocycles. The summed E-state index contributed by atoms with van der Waals surface area (Å²) in [4.78, 5) is 12.0. The number of rotatable bonds is 4. The number of carbonyl (C=O) groups excluding carboxylic acids is 1. The first-order valence-electron chi connectivity index (χ1n) is 4.21. The number of likely N-dealkylation sites (N-methyl/N-ethyl adjacent to an activating group) is 1. The zero-order valence-corrected chi connectivity index (χ0v) is 8.89. The summed E-state index contributed by atoms with van der Waals surface area (Å²) >= 11 is 0. The third-order valence-corrected chi connectivity index (χ3v) is 1.70. The topological polar surface area (TPSA) is 55.6 Å². The van der Waals surface area contributed by atoms with Crippen LogP contribution in [0.5, 0.6) is 0 Å². The first kappa shape index (κ1) is 14.2. The summed E-state index contributed by atoms with van der Waals surface area (Å²) in [5.74, 6) is -0.739. The summed E-state index contributed by atoms with van der Waals surface area (Å²) < 4.78 is 40.3. The maximum absolute atomic E-state index is 12.0. The maximum atomic E-state index is 12.0. The number of nitrogens with zero attached hydrogens (tertiary/aromatic N) is 1. The van der Waals surface area contributed by atoms with Gasteiger partial charge in [-0.15, -0.1) is 0 Å². The Balaban J connectivity index is 4.28. The minimum atomic E-state index is -4.30. The number of nitrogens with two attached hydrogens (primary N) is 1. The standard InChI is InChI=1S/C8H15F3N2O2/c1-7(12,6(14)15-3)4-13(2)5-8(9,10)11/h4-5,12H2,1-3H3. The van der Waals surface area contributed by atoms with E-state index in [1.165, 1.54) is 14.0 Å². The van der Waals surface area contributed by atoms with Crippen molar-refractivity contribution in [1.82, 2.24) is 4.90 Å². The molecule has 0 rings (SSSR count). The van der Waals surface area contributed by atoms with E-state index in [1.807, 2.05) is 0 Å². The van der Waals surface area contributed by atoms with Gasteiger partial charge in [-0.1, -0.05) is 0 Å². The van der Waals surface area contributed by atoms with Gasteiger partial charge < -0.3 is 10.5 Å². The smallest absolute Gasteiger partial charge is 0.401 e. The average molecular weight is 228 g/mol. The Morgan fingerprint density at radius 3 is 2.20 bits per heavy atom. The lowest BCUT2D eigenvalue weighted by Crippen LogP contribution is -2.54. The Hall–Kier alpha value is -0.820. The molecule has 0 aliphatic rings. The first-order valence-corrected chi connectivity index (χ1v) is 4.21. The minimum absolute atomic E-state index is 0.223. The van der Waals surface area contributed by atoms with Crippen LogP contribution in [-0.4, -0.2) is 49.8 Å². The summed E-state index contributed by atoms with van der Waals surface area (Å²) in [6, 6.07) is 0. The molecule has 0 aliphatic heterocycles. The van der Waals surface area contributed by atoms with Gasteiger partial charge in [0.1, 0.15) is 5.54 Å². The van der Waals surface area contributed by atoms with Crippen molar-refractivity contribution >= 4 is 5.97 Å². The highest BCUT2D eigenvalue weighted by Gasteiger charge is 2.35. The monoisotopic (exact) mass is 228 g/mol. The zero-order chi connectivity index (χ0) is 12.3. The van der Waals surface area contributed by atoms with E-state index < -0.39 is 24.2 Å². The van der Waals surface area contributed by atoms with Gasteiger partial charge in [0.15, 0.2) is 0 Å². The largest absolute Gasteiger partial charge is 0.468 e. The molecule has 15 heavy (non-hydrogen) atoms. The average Bonchev–Trinajstić information content (AvgIpc) is 1.97. The zero-order valence-electron chi connectivity index (χ0n) is 8.89. The lowest BCUT2D eigenvalue weighted by Gasteiger charge is -2.28. The summed E-state index contributed by atoms with van der Waals surface area (Å²) in [7, 11) is 2.37. The second-order valence-corrected chi connectivity index (χ2v) is 3.70. The Labute approximate surface area is 86.2 Å². The third-order valence-electron chi connectivity index (χ3n) is 1.70. The normalized spacial score (nSPS) is 16.3. The molecular formula is C8H15F3N2O2. The van der Waals surface area contributed by atoms with Crippen LogP contribution in [-0.2, 0) is 9.53 Å². The van der Waals surface area contributed by atoms with Crippen molar-refractivity contribution in [3.63, 3.8) is 0 Å². The number of methoxy groups -OCH3 is 1. The Morgan fingerprint density at radius 1 is 1.40 bits per heavy atom. The van der Waals surface area contributed by atoms with Gasteiger partial charge in [0.25, 0.3) is 0 Å². The van der Waals surface area contributed by atoms with Crippen molar-refractivity contribution in [2.24, 2.45) is 5.73 Å². The van der Waals surface area contributed by atoms with Crippen LogP contribution in [0.15, 0.2) is 0 Å². The van der Waals surface area contributed by atoms with E-state index in [4.69, 9.17) is 5.73 Å². The number of halogens is 3. The molecule has 0 radical (unpaired) electrons. The Morgan fingerprint density at radius 2 is 1.87 bits per heavy atom. The van der Waals surface area contributed by atoms with E-state index in [1.54, 1.807) is 0 Å². The number of carbonyl (C=O) groups is 1. The fourth-order valence-corrected chi connectivity index (χ4v) is 1.22. The molecule has 0 amide bonds. The molecule has 0 saturated heterocycles. The van der Waals surface area contributed by atoms with Gasteiger partial charge in [0.05, 0.1) is 13.7 Å². The van der Waals surface area contributed by atoms with E-state index in [0.717, 1.165) is 12.0 Å². The van der Waals surface area contributed by atoms with Gasteiger partial charge in [0, 0.05) is 6.54 Å². The Kier molecular flexibility index (Phi) is 4.54. The molecule has 2 N–H and O–H groups in total. The van der Waals surface area contributed by atoms with Gasteiger partial charge in [-0.05, 0) is 14.0 Å². The molecule has 0 fully saturated rings. The van der Waals surface area contributed by atoms with Crippen LogP contribution in [0, 0.1) is 0 Å². The van der Waals surface area contributed by atoms with Crippen LogP contribution in [0.25, 0.3) is 0 Å². The van der Waals surface area contributed by atoms with E-state index in [0.29, 0.717) is 0 Å². The predicted molar refractivity (Wildman–Crippen MR) is 48.2 cm³/mol. The lowest BCUT2D eigenvalue weighted by molar-refractivity contribution is -0.154. The number of hydrogen-bond acceptors (Lipinski definition) is 4. The van der Waals surface area contributed by atoms with Crippen molar-refractivity contribution in [3.8, 4) is 0 Å². The molecule has 0 aromatic rings. The first-order chi connectivity index (χ1) is 6.58. The fraction of sp³-hybridized carbons (Fsp3) is 0.875. The second kappa shape index (κ2) is 4.80. The molecule has 0 bridgehead atoms. The predicted octanol–water partition coefficient (Wildman–Crippen LogP) is 0.371. The number of alkyl halides is 3. The SMILES string of the molecule is COC(=O)C(C)(N)CN(C)CC(F)(F)F. The van der Waals surface area contributed by atoms with Crippen LogP contribution in [0.2, 0.25) is 0 Å². The van der Waals surface area contributed by atoms with Gasteiger partial charge in [-0.25, -0.2) is 0 Å². The molecule has 1 atom stereocenters. The molecule has 7 heteroatoms. The van der Waals surface area contributed by atoms with Crippen LogP contribution in [0.4, 0.5) is 13.2 Å². The molecular weight excluding hydrogens is 213 g/mol. The van der Waals surface area contributed by atoms with Crippen molar-refractivity contribution in [2.45, 2.75) is 18.6 Å². The van der Waals surface area contributed by atoms with Crippen molar-refractivity contribution in [2.75, 3.05) is 27.2 Å². The summed E-state index contributed by atoms with van der Waals surface area (Å²) in [6.45, 7) is -0.0122. The third kappa shape index (κ3) is 5.58. The molecule has 0 aromatic carbocycles. The van der Waals surface area contributed by atoms with Gasteiger partial charge in [-0.3, -0.25) is 9.69 Å². The van der Waals surface area contributed by atoms with Crippen LogP contribution < -0.4 is 5.73 Å². The molecule has 90 valence electrons. The lowest BCUT2D eigenvalue weighted by atomic mass is 10.0. The highest BCUT2D eigenvalue weighted by atomic mass is 19.4. The number of esters is 1. The van der Waals surface area contributed by atoms with Crippen molar-refractivity contribution in [1.29, 1.82) is 0 Å². The van der Waals surface area contributed by atoms with Gasteiger partial charge in [-0.2, -0.15) is 13.2 Å². The summed E-state index contributed by atoms with van der Waals surface area (Å²) in [6.07, 6.45) is -4.30. The van der Waals surface area contributed by atoms with Crippen molar-refractivity contribution in [3.05, 3.63) is 0 Å². The maximum Gasteiger partial charge on any atom is 0.401 e. The highest BCUT2D eigenvalue weighted by molar-refractivity contribution is 5.80. The van der Waals surface area contributed by atoms with Crippen LogP contribution in [0.3, 0.4) is 0 Å². The number of hydrogen-bond donors (Lipinski definition) is 1. The quantitative estimate of drug-likeness (QED) is 0.706. The molecule has 0 aliphatic carbocycles. The Bertz CT molecular complexity index is 228. The number of ether oxygens (including phenoxy) is 1. The summed E-state index contributed by atoms with van der Waals surface area (Å²) in [5, 5.41) is 0. The minimum Gasteiger partial charge on any atom is -0.468 e. The van der Waals surface area contributed by atoms with Crippen LogP contribution in [0.1, 0.15) is 6.92 Å². The highest BCUT2D eigenvalue weighted by Crippen LogP contribution is 2.16. The van der Waals surface area contributed by atoms with Crippen LogP contribution >= 0.6 is 0 Å². The van der Waals surface area contributed by atoms with E-state index in [-0.39, 0.29) is 6.54 Å². The van der Waals surface area contributed by atoms with Gasteiger partial charge in [0.2, 0.25) is 0 Å². The summed E-state index contributed by atoms with van der Waals surface area (Å²) in [5.41, 5.74) is 4.07. The molecule has 0 saturated carbocycles. The molecule has 1 unspecified atom stereocenters. The van der Waals surface area contributed by atoms with Gasteiger partial charge >= 0.3 is 12.1 Å². The van der Waals surface area contributed by atoms with Crippen molar-refractivity contribution < 1.29 is 22.7 Å². The van der Waals surface area contributed by atoms with E-state index in [9.17, 15) is 18.0 Å². The fourth-order valence-electron chi connectivity index (χ4n) is 1.22. The molecule has 0 heterocycles. The molecule has 4 nitrogen and oxygen atoms in total. The van der Waals surface area contributed by atoms with E-state index in [2.05, 4.69) is 4.74 Å². The second-order valence-electron chi connectivity index (χ2n) is 3.70. The molecule has 0 spiro atoms.